The van der Waals surface area contributed by atoms with Gasteiger partial charge in [0.2, 0.25) is 0 Å². The van der Waals surface area contributed by atoms with E-state index in [1.165, 1.54) is 17.6 Å². The molecule has 0 spiro atoms. The highest BCUT2D eigenvalue weighted by Crippen LogP contribution is 2.34. The molecule has 0 radical (unpaired) electrons. The van der Waals surface area contributed by atoms with E-state index in [2.05, 4.69) is 15.8 Å². The van der Waals surface area contributed by atoms with Crippen LogP contribution in [0.15, 0.2) is 53.6 Å². The number of fused-ring (bicyclic) bond motifs is 1. The minimum atomic E-state index is -0.445. The fourth-order valence-electron chi connectivity index (χ4n) is 2.34. The van der Waals surface area contributed by atoms with E-state index < -0.39 is 11.8 Å². The van der Waals surface area contributed by atoms with E-state index in [-0.39, 0.29) is 6.54 Å². The van der Waals surface area contributed by atoms with Gasteiger partial charge < -0.3 is 10.1 Å². The molecule has 0 fully saturated rings. The Morgan fingerprint density at radius 3 is 2.81 bits per heavy atom. The van der Waals surface area contributed by atoms with Crippen LogP contribution in [-0.2, 0) is 4.79 Å². The second-order valence-electron chi connectivity index (χ2n) is 5.49. The van der Waals surface area contributed by atoms with Crippen LogP contribution in [0.4, 0.5) is 0 Å². The van der Waals surface area contributed by atoms with Crippen LogP contribution < -0.4 is 15.5 Å². The third kappa shape index (κ3) is 4.64. The third-order valence-corrected chi connectivity index (χ3v) is 5.32. The normalized spacial score (nSPS) is 10.9. The van der Waals surface area contributed by atoms with Crippen molar-refractivity contribution in [2.24, 2.45) is 5.10 Å². The minimum absolute atomic E-state index is 0.209. The maximum Gasteiger partial charge on any atom is 0.263 e. The van der Waals surface area contributed by atoms with Gasteiger partial charge in [-0.15, -0.1) is 11.3 Å². The fraction of sp³-hybridized carbons (Fsp3) is 0.105. The molecule has 0 aliphatic carbocycles. The summed E-state index contributed by atoms with van der Waals surface area (Å²) in [6.45, 7) is -0.209. The number of nitrogens with one attached hydrogen (secondary N) is 2. The van der Waals surface area contributed by atoms with E-state index in [4.69, 9.17) is 16.3 Å². The van der Waals surface area contributed by atoms with Crippen molar-refractivity contribution in [1.82, 2.24) is 10.7 Å². The van der Waals surface area contributed by atoms with E-state index in [0.29, 0.717) is 15.6 Å². The molecule has 2 aromatic carbocycles. The average molecular weight is 402 g/mol. The topological polar surface area (TPSA) is 79.8 Å². The zero-order valence-corrected chi connectivity index (χ0v) is 15.9. The van der Waals surface area contributed by atoms with Crippen molar-refractivity contribution in [1.29, 1.82) is 0 Å². The van der Waals surface area contributed by atoms with Gasteiger partial charge in [0.1, 0.15) is 10.6 Å². The highest BCUT2D eigenvalue weighted by atomic mass is 35.5. The Kier molecular flexibility index (Phi) is 6.05. The number of hydrazone groups is 1. The Labute approximate surface area is 164 Å². The number of halogens is 1. The van der Waals surface area contributed by atoms with Gasteiger partial charge in [-0.05, 0) is 23.8 Å². The SMILES string of the molecule is COc1cccc(/C=N/NC(=O)CNC(=O)c2sc3ccccc3c2Cl)c1. The monoisotopic (exact) mass is 401 g/mol. The molecule has 6 nitrogen and oxygen atoms in total. The number of nitrogens with zero attached hydrogens (tertiary/aromatic N) is 1. The molecule has 0 aliphatic rings. The molecule has 1 aromatic heterocycles. The molecule has 2 amide bonds. The number of benzene rings is 2. The number of rotatable bonds is 6. The van der Waals surface area contributed by atoms with Crippen molar-refractivity contribution in [3.63, 3.8) is 0 Å². The van der Waals surface area contributed by atoms with Crippen molar-refractivity contribution in [3.8, 4) is 5.75 Å². The van der Waals surface area contributed by atoms with Crippen LogP contribution in [0.25, 0.3) is 10.1 Å². The quantitative estimate of drug-likeness (QED) is 0.490. The van der Waals surface area contributed by atoms with Crippen LogP contribution in [0.2, 0.25) is 5.02 Å². The highest BCUT2D eigenvalue weighted by molar-refractivity contribution is 7.21. The maximum absolute atomic E-state index is 12.3. The van der Waals surface area contributed by atoms with Crippen molar-refractivity contribution in [2.45, 2.75) is 0 Å². The molecule has 0 saturated carbocycles. The first-order valence-corrected chi connectivity index (χ1v) is 9.19. The van der Waals surface area contributed by atoms with Gasteiger partial charge in [-0.2, -0.15) is 5.10 Å². The molecule has 3 rings (SSSR count). The number of amides is 2. The van der Waals surface area contributed by atoms with Crippen molar-refractivity contribution >= 4 is 51.1 Å². The number of carbonyl (C=O) groups excluding carboxylic acids is 2. The summed E-state index contributed by atoms with van der Waals surface area (Å²) < 4.78 is 6.03. The second kappa shape index (κ2) is 8.66. The van der Waals surface area contributed by atoms with Crippen LogP contribution in [-0.4, -0.2) is 31.7 Å². The smallest absolute Gasteiger partial charge is 0.263 e. The van der Waals surface area contributed by atoms with E-state index in [1.54, 1.807) is 13.2 Å². The molecular formula is C19H16ClN3O3S. The molecule has 1 heterocycles. The average Bonchev–Trinajstić information content (AvgIpc) is 3.03. The number of methoxy groups -OCH3 is 1. The van der Waals surface area contributed by atoms with Gasteiger partial charge in [0, 0.05) is 10.1 Å². The second-order valence-corrected chi connectivity index (χ2v) is 6.92. The molecule has 138 valence electrons. The summed E-state index contributed by atoms with van der Waals surface area (Å²) >= 11 is 7.54. The van der Waals surface area contributed by atoms with Crippen molar-refractivity contribution in [2.75, 3.05) is 13.7 Å². The van der Waals surface area contributed by atoms with Crippen LogP contribution in [0.5, 0.6) is 5.75 Å². The van der Waals surface area contributed by atoms with E-state index in [9.17, 15) is 9.59 Å². The minimum Gasteiger partial charge on any atom is -0.497 e. The molecule has 0 aliphatic heterocycles. The van der Waals surface area contributed by atoms with Gasteiger partial charge in [-0.25, -0.2) is 5.43 Å². The number of hydrogen-bond donors (Lipinski definition) is 2. The molecule has 0 saturated heterocycles. The predicted octanol–water partition coefficient (Wildman–Crippen LogP) is 3.44. The number of hydrogen-bond acceptors (Lipinski definition) is 5. The lowest BCUT2D eigenvalue weighted by atomic mass is 10.2. The first kappa shape index (κ1) is 18.9. The predicted molar refractivity (Wildman–Crippen MR) is 108 cm³/mol. The van der Waals surface area contributed by atoms with E-state index >= 15 is 0 Å². The molecule has 0 atom stereocenters. The number of ether oxygens (including phenoxy) is 1. The van der Waals surface area contributed by atoms with Gasteiger partial charge in [-0.3, -0.25) is 9.59 Å². The Bertz CT molecular complexity index is 1020. The first-order chi connectivity index (χ1) is 13.1. The van der Waals surface area contributed by atoms with Gasteiger partial charge >= 0.3 is 0 Å². The first-order valence-electron chi connectivity index (χ1n) is 7.99. The zero-order valence-electron chi connectivity index (χ0n) is 14.4. The zero-order chi connectivity index (χ0) is 19.2. The van der Waals surface area contributed by atoms with Crippen molar-refractivity contribution < 1.29 is 14.3 Å². The molecule has 8 heteroatoms. The van der Waals surface area contributed by atoms with Crippen LogP contribution in [0.3, 0.4) is 0 Å². The van der Waals surface area contributed by atoms with Gasteiger partial charge in [0.15, 0.2) is 0 Å². The summed E-state index contributed by atoms with van der Waals surface area (Å²) in [7, 11) is 1.57. The summed E-state index contributed by atoms with van der Waals surface area (Å²) in [4.78, 5) is 24.5. The van der Waals surface area contributed by atoms with Crippen LogP contribution >= 0.6 is 22.9 Å². The summed E-state index contributed by atoms with van der Waals surface area (Å²) in [5, 5.41) is 7.63. The Morgan fingerprint density at radius 2 is 2.04 bits per heavy atom. The maximum atomic E-state index is 12.3. The largest absolute Gasteiger partial charge is 0.497 e. The van der Waals surface area contributed by atoms with Gasteiger partial charge in [0.05, 0.1) is 24.9 Å². The van der Waals surface area contributed by atoms with Crippen LogP contribution in [0.1, 0.15) is 15.2 Å². The highest BCUT2D eigenvalue weighted by Gasteiger charge is 2.17. The summed E-state index contributed by atoms with van der Waals surface area (Å²) in [5.41, 5.74) is 3.14. The lowest BCUT2D eigenvalue weighted by Gasteiger charge is -2.03. The molecular weight excluding hydrogens is 386 g/mol. The van der Waals surface area contributed by atoms with Gasteiger partial charge in [-0.1, -0.05) is 41.9 Å². The summed E-state index contributed by atoms with van der Waals surface area (Å²) in [6.07, 6.45) is 1.49. The summed E-state index contributed by atoms with van der Waals surface area (Å²) in [6, 6.07) is 14.7. The van der Waals surface area contributed by atoms with E-state index in [1.807, 2.05) is 42.5 Å². The molecule has 27 heavy (non-hydrogen) atoms. The molecule has 3 aromatic rings. The summed E-state index contributed by atoms with van der Waals surface area (Å²) in [5.74, 6) is -0.148. The number of carbonyl (C=O) groups is 2. The van der Waals surface area contributed by atoms with E-state index in [0.717, 1.165) is 15.6 Å². The third-order valence-electron chi connectivity index (χ3n) is 3.65. The standard InChI is InChI=1S/C19H16ClN3O3S/c1-26-13-6-4-5-12(9-13)10-22-23-16(24)11-21-19(25)18-17(20)14-7-2-3-8-15(14)27-18/h2-10H,11H2,1H3,(H,21,25)(H,23,24)/b22-10+. The Morgan fingerprint density at radius 1 is 1.22 bits per heavy atom. The molecule has 0 unspecified atom stereocenters. The van der Waals surface area contributed by atoms with Gasteiger partial charge in [0.25, 0.3) is 11.8 Å². The molecule has 0 bridgehead atoms. The lowest BCUT2D eigenvalue weighted by Crippen LogP contribution is -2.34. The van der Waals surface area contributed by atoms with Crippen molar-refractivity contribution in [3.05, 3.63) is 64.0 Å². The number of thiophene rings is 1. The Balaban J connectivity index is 1.54. The lowest BCUT2D eigenvalue weighted by molar-refractivity contribution is -0.120. The molecule has 2 N–H and O–H groups in total. The Hall–Kier alpha value is -2.90. The fourth-order valence-corrected chi connectivity index (χ4v) is 3.77. The van der Waals surface area contributed by atoms with Crippen LogP contribution in [0, 0.1) is 0 Å².